The molecule has 0 amide bonds. The number of nitrogens with one attached hydrogen (secondary N) is 1. The molecule has 0 radical (unpaired) electrons. The van der Waals surface area contributed by atoms with Crippen LogP contribution in [0.4, 0.5) is 0 Å². The SMILES string of the molecule is Cc1cc(C(=N)N)nc(OC(C)C)n1. The van der Waals surface area contributed by atoms with Crippen molar-refractivity contribution in [2.24, 2.45) is 5.73 Å². The van der Waals surface area contributed by atoms with E-state index in [9.17, 15) is 0 Å². The van der Waals surface area contributed by atoms with Crippen molar-refractivity contribution in [1.82, 2.24) is 9.97 Å². The first-order valence-corrected chi connectivity index (χ1v) is 4.35. The number of hydrogen-bond acceptors (Lipinski definition) is 4. The van der Waals surface area contributed by atoms with Gasteiger partial charge in [-0.1, -0.05) is 0 Å². The Kier molecular flexibility index (Phi) is 3.01. The zero-order valence-corrected chi connectivity index (χ0v) is 8.53. The molecule has 14 heavy (non-hydrogen) atoms. The number of nitrogens with zero attached hydrogens (tertiary/aromatic N) is 2. The second-order valence-corrected chi connectivity index (χ2v) is 3.26. The van der Waals surface area contributed by atoms with E-state index in [2.05, 4.69) is 9.97 Å². The van der Waals surface area contributed by atoms with Gasteiger partial charge < -0.3 is 10.5 Å². The smallest absolute Gasteiger partial charge is 0.317 e. The number of ether oxygens (including phenoxy) is 1. The van der Waals surface area contributed by atoms with Crippen molar-refractivity contribution in [3.63, 3.8) is 0 Å². The van der Waals surface area contributed by atoms with Crippen LogP contribution >= 0.6 is 0 Å². The molecule has 1 heterocycles. The average Bonchev–Trinajstić information content (AvgIpc) is 2.01. The van der Waals surface area contributed by atoms with E-state index in [0.29, 0.717) is 5.69 Å². The van der Waals surface area contributed by atoms with Gasteiger partial charge in [0.2, 0.25) is 0 Å². The van der Waals surface area contributed by atoms with Gasteiger partial charge in [0.25, 0.3) is 0 Å². The molecule has 0 saturated heterocycles. The van der Waals surface area contributed by atoms with E-state index in [1.54, 1.807) is 13.0 Å². The minimum absolute atomic E-state index is 0.0107. The summed E-state index contributed by atoms with van der Waals surface area (Å²) in [6.45, 7) is 5.58. The lowest BCUT2D eigenvalue weighted by Crippen LogP contribution is -2.16. The second kappa shape index (κ2) is 4.04. The van der Waals surface area contributed by atoms with Gasteiger partial charge in [-0.05, 0) is 26.8 Å². The highest BCUT2D eigenvalue weighted by Gasteiger charge is 2.06. The molecule has 0 aromatic carbocycles. The van der Waals surface area contributed by atoms with E-state index in [4.69, 9.17) is 15.9 Å². The Morgan fingerprint density at radius 1 is 1.50 bits per heavy atom. The van der Waals surface area contributed by atoms with Crippen molar-refractivity contribution < 1.29 is 4.74 Å². The van der Waals surface area contributed by atoms with Crippen LogP contribution in [0.3, 0.4) is 0 Å². The van der Waals surface area contributed by atoms with E-state index in [1.165, 1.54) is 0 Å². The predicted octanol–water partition coefficient (Wildman–Crippen LogP) is 0.856. The fraction of sp³-hybridized carbons (Fsp3) is 0.444. The fourth-order valence-corrected chi connectivity index (χ4v) is 0.943. The van der Waals surface area contributed by atoms with Crippen LogP contribution in [0.25, 0.3) is 0 Å². The molecule has 5 nitrogen and oxygen atoms in total. The quantitative estimate of drug-likeness (QED) is 0.552. The number of hydrogen-bond donors (Lipinski definition) is 2. The lowest BCUT2D eigenvalue weighted by molar-refractivity contribution is 0.221. The highest BCUT2D eigenvalue weighted by Crippen LogP contribution is 2.08. The van der Waals surface area contributed by atoms with Crippen LogP contribution < -0.4 is 10.5 Å². The molecule has 3 N–H and O–H groups in total. The minimum atomic E-state index is -0.0795. The van der Waals surface area contributed by atoms with Gasteiger partial charge in [-0.25, -0.2) is 4.98 Å². The van der Waals surface area contributed by atoms with E-state index in [1.807, 2.05) is 13.8 Å². The first kappa shape index (κ1) is 10.4. The molecule has 1 aromatic rings. The van der Waals surface area contributed by atoms with E-state index >= 15 is 0 Å². The molecule has 0 unspecified atom stereocenters. The predicted molar refractivity (Wildman–Crippen MR) is 53.5 cm³/mol. The Labute approximate surface area is 82.8 Å². The summed E-state index contributed by atoms with van der Waals surface area (Å²) in [5, 5.41) is 7.24. The molecule has 0 atom stereocenters. The molecule has 0 aliphatic rings. The molecular weight excluding hydrogens is 180 g/mol. The van der Waals surface area contributed by atoms with Crippen LogP contribution in [-0.4, -0.2) is 21.9 Å². The lowest BCUT2D eigenvalue weighted by atomic mass is 10.3. The summed E-state index contributed by atoms with van der Waals surface area (Å²) in [6, 6.07) is 1.92. The summed E-state index contributed by atoms with van der Waals surface area (Å²) in [6.07, 6.45) is 0.0107. The van der Waals surface area contributed by atoms with Crippen molar-refractivity contribution >= 4 is 5.84 Å². The van der Waals surface area contributed by atoms with Gasteiger partial charge in [0.05, 0.1) is 6.10 Å². The first-order valence-electron chi connectivity index (χ1n) is 4.35. The van der Waals surface area contributed by atoms with Gasteiger partial charge in [0.15, 0.2) is 0 Å². The Morgan fingerprint density at radius 2 is 2.14 bits per heavy atom. The Balaban J connectivity index is 3.01. The summed E-state index contributed by atoms with van der Waals surface area (Å²) >= 11 is 0. The molecule has 0 aliphatic carbocycles. The van der Waals surface area contributed by atoms with Gasteiger partial charge >= 0.3 is 6.01 Å². The standard InChI is InChI=1S/C9H14N4O/c1-5(2)14-9-12-6(3)4-7(13-9)8(10)11/h4-5H,1-3H3,(H3,10,11). The third-order valence-corrected chi connectivity index (χ3v) is 1.45. The van der Waals surface area contributed by atoms with Gasteiger partial charge in [0, 0.05) is 5.69 Å². The van der Waals surface area contributed by atoms with Crippen molar-refractivity contribution in [2.45, 2.75) is 26.9 Å². The van der Waals surface area contributed by atoms with Crippen LogP contribution in [0.15, 0.2) is 6.07 Å². The molecule has 0 bridgehead atoms. The molecule has 1 rings (SSSR count). The highest BCUT2D eigenvalue weighted by atomic mass is 16.5. The largest absolute Gasteiger partial charge is 0.461 e. The minimum Gasteiger partial charge on any atom is -0.461 e. The highest BCUT2D eigenvalue weighted by molar-refractivity contribution is 5.93. The van der Waals surface area contributed by atoms with E-state index in [0.717, 1.165) is 5.69 Å². The maximum Gasteiger partial charge on any atom is 0.317 e. The molecule has 0 saturated carbocycles. The average molecular weight is 194 g/mol. The van der Waals surface area contributed by atoms with Gasteiger partial charge in [-0.3, -0.25) is 5.41 Å². The molecule has 76 valence electrons. The molecule has 1 aromatic heterocycles. The Morgan fingerprint density at radius 3 is 2.64 bits per heavy atom. The molecular formula is C9H14N4O. The summed E-state index contributed by atoms with van der Waals surface area (Å²) < 4.78 is 5.31. The first-order chi connectivity index (χ1) is 6.49. The molecule has 5 heteroatoms. The summed E-state index contributed by atoms with van der Waals surface area (Å²) in [4.78, 5) is 8.06. The summed E-state index contributed by atoms with van der Waals surface area (Å²) in [5.74, 6) is -0.0795. The summed E-state index contributed by atoms with van der Waals surface area (Å²) in [7, 11) is 0. The molecule has 0 aliphatic heterocycles. The van der Waals surface area contributed by atoms with Crippen LogP contribution in [-0.2, 0) is 0 Å². The normalized spacial score (nSPS) is 10.3. The monoisotopic (exact) mass is 194 g/mol. The zero-order chi connectivity index (χ0) is 10.7. The molecule has 0 fully saturated rings. The summed E-state index contributed by atoms with van der Waals surface area (Å²) in [5.41, 5.74) is 6.45. The van der Waals surface area contributed by atoms with Gasteiger partial charge in [0.1, 0.15) is 11.5 Å². The van der Waals surface area contributed by atoms with Crippen molar-refractivity contribution in [2.75, 3.05) is 0 Å². The van der Waals surface area contributed by atoms with Crippen molar-refractivity contribution in [3.8, 4) is 6.01 Å². The van der Waals surface area contributed by atoms with Crippen LogP contribution in [0, 0.1) is 12.3 Å². The number of aryl methyl sites for hydroxylation is 1. The van der Waals surface area contributed by atoms with E-state index < -0.39 is 0 Å². The van der Waals surface area contributed by atoms with Gasteiger partial charge in [-0.2, -0.15) is 4.98 Å². The van der Waals surface area contributed by atoms with Gasteiger partial charge in [-0.15, -0.1) is 0 Å². The maximum atomic E-state index is 7.24. The van der Waals surface area contributed by atoms with Crippen molar-refractivity contribution in [1.29, 1.82) is 5.41 Å². The third kappa shape index (κ3) is 2.69. The van der Waals surface area contributed by atoms with Crippen LogP contribution in [0.5, 0.6) is 6.01 Å². The van der Waals surface area contributed by atoms with Crippen LogP contribution in [0.2, 0.25) is 0 Å². The number of nitrogens with two attached hydrogens (primary N) is 1. The maximum absolute atomic E-state index is 7.24. The number of nitrogen functional groups attached to an aromatic ring is 1. The van der Waals surface area contributed by atoms with E-state index in [-0.39, 0.29) is 18.0 Å². The van der Waals surface area contributed by atoms with Crippen molar-refractivity contribution in [3.05, 3.63) is 17.5 Å². The Hall–Kier alpha value is -1.65. The third-order valence-electron chi connectivity index (χ3n) is 1.45. The topological polar surface area (TPSA) is 84.9 Å². The van der Waals surface area contributed by atoms with Crippen LogP contribution in [0.1, 0.15) is 25.2 Å². The fourth-order valence-electron chi connectivity index (χ4n) is 0.943. The second-order valence-electron chi connectivity index (χ2n) is 3.26. The lowest BCUT2D eigenvalue weighted by Gasteiger charge is -2.09. The zero-order valence-electron chi connectivity index (χ0n) is 8.53. The number of amidine groups is 1. The Bertz CT molecular complexity index is 349. The number of rotatable bonds is 3. The molecule has 0 spiro atoms. The number of aromatic nitrogens is 2.